The van der Waals surface area contributed by atoms with E-state index < -0.39 is 0 Å². The molecular formula is C19H29N3O4. The number of rotatable bonds is 4. The fourth-order valence-electron chi connectivity index (χ4n) is 2.96. The smallest absolute Gasteiger partial charge is 0.410 e. The van der Waals surface area contributed by atoms with Crippen LogP contribution in [0, 0.1) is 19.8 Å². The molecule has 2 heterocycles. The number of aryl methyl sites for hydroxylation is 2. The molecule has 1 unspecified atom stereocenters. The number of nitrogens with zero attached hydrogens (tertiary/aromatic N) is 3. The van der Waals surface area contributed by atoms with Crippen LogP contribution in [0.1, 0.15) is 37.7 Å². The summed E-state index contributed by atoms with van der Waals surface area (Å²) >= 11 is 0. The van der Waals surface area contributed by atoms with Gasteiger partial charge in [0.25, 0.3) is 0 Å². The van der Waals surface area contributed by atoms with Gasteiger partial charge in [-0.3, -0.25) is 4.98 Å². The van der Waals surface area contributed by atoms with Crippen molar-refractivity contribution in [3.8, 4) is 0 Å². The lowest BCUT2D eigenvalue weighted by Gasteiger charge is -2.38. The molecule has 1 fully saturated rings. The highest BCUT2D eigenvalue weighted by molar-refractivity contribution is 5.70. The Morgan fingerprint density at radius 3 is 2.38 bits per heavy atom. The molecule has 26 heavy (non-hydrogen) atoms. The highest BCUT2D eigenvalue weighted by atomic mass is 16.6. The Balaban J connectivity index is 1.83. The van der Waals surface area contributed by atoms with Gasteiger partial charge < -0.3 is 19.3 Å². The number of piperazine rings is 1. The molecule has 1 aromatic rings. The lowest BCUT2D eigenvalue weighted by Crippen LogP contribution is -2.55. The van der Waals surface area contributed by atoms with Crippen LogP contribution in [0.25, 0.3) is 0 Å². The van der Waals surface area contributed by atoms with Gasteiger partial charge in [-0.1, -0.05) is 13.8 Å². The highest BCUT2D eigenvalue weighted by Gasteiger charge is 2.31. The topological polar surface area (TPSA) is 72.0 Å². The minimum atomic E-state index is -0.362. The molecule has 7 nitrogen and oxygen atoms in total. The normalized spacial score (nSPS) is 17.4. The second kappa shape index (κ2) is 8.87. The zero-order valence-electron chi connectivity index (χ0n) is 16.3. The number of carbonyl (C=O) groups is 2. The summed E-state index contributed by atoms with van der Waals surface area (Å²) in [7, 11) is 0. The molecule has 1 aliphatic rings. The molecule has 0 aliphatic carbocycles. The summed E-state index contributed by atoms with van der Waals surface area (Å²) in [4.78, 5) is 32.1. The van der Waals surface area contributed by atoms with Crippen molar-refractivity contribution in [2.45, 2.75) is 47.3 Å². The summed E-state index contributed by atoms with van der Waals surface area (Å²) < 4.78 is 10.7. The van der Waals surface area contributed by atoms with Gasteiger partial charge in [0.15, 0.2) is 0 Å². The molecule has 1 saturated heterocycles. The van der Waals surface area contributed by atoms with Crippen molar-refractivity contribution in [2.24, 2.45) is 5.92 Å². The summed E-state index contributed by atoms with van der Waals surface area (Å²) in [6, 6.07) is 3.71. The lowest BCUT2D eigenvalue weighted by molar-refractivity contribution is 0.0356. The van der Waals surface area contributed by atoms with E-state index in [-0.39, 0.29) is 24.8 Å². The fourth-order valence-corrected chi connectivity index (χ4v) is 2.96. The van der Waals surface area contributed by atoms with Crippen molar-refractivity contribution in [1.29, 1.82) is 0 Å². The van der Waals surface area contributed by atoms with Crippen molar-refractivity contribution in [1.82, 2.24) is 14.8 Å². The van der Waals surface area contributed by atoms with Crippen LogP contribution in [-0.2, 0) is 16.1 Å². The second-order valence-electron chi connectivity index (χ2n) is 7.27. The van der Waals surface area contributed by atoms with E-state index in [1.165, 1.54) is 0 Å². The average molecular weight is 363 g/mol. The molecule has 0 spiro atoms. The van der Waals surface area contributed by atoms with Crippen molar-refractivity contribution < 1.29 is 19.1 Å². The highest BCUT2D eigenvalue weighted by Crippen LogP contribution is 2.14. The molecule has 0 radical (unpaired) electrons. The zero-order chi connectivity index (χ0) is 19.3. The third-order valence-electron chi connectivity index (χ3n) is 4.16. The van der Waals surface area contributed by atoms with Crippen LogP contribution in [0.15, 0.2) is 12.1 Å². The molecular weight excluding hydrogens is 334 g/mol. The minimum Gasteiger partial charge on any atom is -0.449 e. The quantitative estimate of drug-likeness (QED) is 0.822. The number of carbonyl (C=O) groups excluding carboxylic acids is 2. The maximum Gasteiger partial charge on any atom is 0.410 e. The predicted molar refractivity (Wildman–Crippen MR) is 97.8 cm³/mol. The molecule has 0 aromatic carbocycles. The Hall–Kier alpha value is -2.31. The Bertz CT molecular complexity index is 627. The van der Waals surface area contributed by atoms with E-state index in [1.54, 1.807) is 9.80 Å². The van der Waals surface area contributed by atoms with Crippen LogP contribution in [0.5, 0.6) is 0 Å². The number of aromatic nitrogens is 1. The van der Waals surface area contributed by atoms with Gasteiger partial charge in [-0.05, 0) is 44.4 Å². The first-order valence-electron chi connectivity index (χ1n) is 9.05. The maximum absolute atomic E-state index is 12.3. The third kappa shape index (κ3) is 5.61. The van der Waals surface area contributed by atoms with Crippen LogP contribution in [0.4, 0.5) is 9.59 Å². The molecule has 2 amide bonds. The van der Waals surface area contributed by atoms with Gasteiger partial charge >= 0.3 is 12.2 Å². The summed E-state index contributed by atoms with van der Waals surface area (Å²) in [5.74, 6) is 0.297. The number of pyridine rings is 1. The second-order valence-corrected chi connectivity index (χ2v) is 7.27. The minimum absolute atomic E-state index is 0.110. The van der Waals surface area contributed by atoms with E-state index in [0.29, 0.717) is 32.2 Å². The zero-order valence-corrected chi connectivity index (χ0v) is 16.3. The summed E-state index contributed by atoms with van der Waals surface area (Å²) in [6.07, 6.45) is -0.680. The first-order valence-corrected chi connectivity index (χ1v) is 9.05. The Morgan fingerprint density at radius 2 is 1.81 bits per heavy atom. The number of hydrogen-bond acceptors (Lipinski definition) is 5. The molecule has 2 rings (SSSR count). The maximum atomic E-state index is 12.3. The van der Waals surface area contributed by atoms with Crippen molar-refractivity contribution >= 4 is 12.2 Å². The molecule has 0 bridgehead atoms. The molecule has 1 aliphatic heterocycles. The molecule has 0 saturated carbocycles. The first kappa shape index (κ1) is 20.0. The molecule has 1 atom stereocenters. The standard InChI is InChI=1S/C19H29N3O4/c1-13(2)11-25-19(24)22-7-6-21(10-16(22)5)18(23)26-12-17-8-14(3)20-15(4)9-17/h8-9,13,16H,6-7,10-12H2,1-5H3. The number of ether oxygens (including phenoxy) is 2. The molecule has 144 valence electrons. The van der Waals surface area contributed by atoms with Crippen LogP contribution in [0.2, 0.25) is 0 Å². The Labute approximate surface area is 155 Å². The third-order valence-corrected chi connectivity index (χ3v) is 4.16. The Kier molecular flexibility index (Phi) is 6.83. The monoisotopic (exact) mass is 363 g/mol. The van der Waals surface area contributed by atoms with E-state index in [2.05, 4.69) is 4.98 Å². The van der Waals surface area contributed by atoms with Crippen molar-refractivity contribution in [3.63, 3.8) is 0 Å². The van der Waals surface area contributed by atoms with Gasteiger partial charge in [0, 0.05) is 31.0 Å². The van der Waals surface area contributed by atoms with Crippen molar-refractivity contribution in [2.75, 3.05) is 26.2 Å². The van der Waals surface area contributed by atoms with Gasteiger partial charge in [-0.15, -0.1) is 0 Å². The predicted octanol–water partition coefficient (Wildman–Crippen LogP) is 3.13. The summed E-state index contributed by atoms with van der Waals surface area (Å²) in [5.41, 5.74) is 2.73. The van der Waals surface area contributed by atoms with Crippen molar-refractivity contribution in [3.05, 3.63) is 29.1 Å². The molecule has 1 aromatic heterocycles. The van der Waals surface area contributed by atoms with Crippen LogP contribution < -0.4 is 0 Å². The largest absolute Gasteiger partial charge is 0.449 e. The van der Waals surface area contributed by atoms with E-state index in [4.69, 9.17) is 9.47 Å². The van der Waals surface area contributed by atoms with E-state index >= 15 is 0 Å². The number of amides is 2. The SMILES string of the molecule is Cc1cc(COC(=O)N2CCN(C(=O)OCC(C)C)C(C)C2)cc(C)n1. The van der Waals surface area contributed by atoms with Crippen LogP contribution in [-0.4, -0.2) is 59.3 Å². The summed E-state index contributed by atoms with van der Waals surface area (Å²) in [5, 5.41) is 0. The van der Waals surface area contributed by atoms with Gasteiger partial charge in [-0.2, -0.15) is 0 Å². The number of hydrogen-bond donors (Lipinski definition) is 0. The van der Waals surface area contributed by atoms with E-state index in [1.807, 2.05) is 46.8 Å². The van der Waals surface area contributed by atoms with E-state index in [0.717, 1.165) is 17.0 Å². The van der Waals surface area contributed by atoms with Crippen LogP contribution >= 0.6 is 0 Å². The van der Waals surface area contributed by atoms with Gasteiger partial charge in [0.05, 0.1) is 12.6 Å². The Morgan fingerprint density at radius 1 is 1.15 bits per heavy atom. The fraction of sp³-hybridized carbons (Fsp3) is 0.632. The average Bonchev–Trinajstić information content (AvgIpc) is 2.56. The molecule has 7 heteroatoms. The molecule has 0 N–H and O–H groups in total. The van der Waals surface area contributed by atoms with E-state index in [9.17, 15) is 9.59 Å². The van der Waals surface area contributed by atoms with Gasteiger partial charge in [-0.25, -0.2) is 9.59 Å². The van der Waals surface area contributed by atoms with Gasteiger partial charge in [0.2, 0.25) is 0 Å². The van der Waals surface area contributed by atoms with Gasteiger partial charge in [0.1, 0.15) is 6.61 Å². The lowest BCUT2D eigenvalue weighted by atomic mass is 10.2. The van der Waals surface area contributed by atoms with Crippen LogP contribution in [0.3, 0.4) is 0 Å². The first-order chi connectivity index (χ1) is 12.3. The summed E-state index contributed by atoms with van der Waals surface area (Å²) in [6.45, 7) is 11.7.